The van der Waals surface area contributed by atoms with Crippen molar-refractivity contribution in [3.63, 3.8) is 0 Å². The highest BCUT2D eigenvalue weighted by Gasteiger charge is 2.27. The third-order valence-electron chi connectivity index (χ3n) is 3.83. The van der Waals surface area contributed by atoms with E-state index in [1.807, 2.05) is 0 Å². The normalized spacial score (nSPS) is 15.2. The molecule has 0 atom stereocenters. The first kappa shape index (κ1) is 18.4. The van der Waals surface area contributed by atoms with Gasteiger partial charge in [-0.2, -0.15) is 4.31 Å². The fourth-order valence-electron chi connectivity index (χ4n) is 2.51. The zero-order chi connectivity index (χ0) is 17.6. The first-order valence-corrected chi connectivity index (χ1v) is 9.48. The Morgan fingerprint density at radius 2 is 1.62 bits per heavy atom. The number of carbonyl (C=O) groups is 2. The number of hydrogen-bond donors (Lipinski definition) is 2. The summed E-state index contributed by atoms with van der Waals surface area (Å²) < 4.78 is 26.3. The number of carbonyl (C=O) groups excluding carboxylic acids is 2. The predicted octanol–water partition coefficient (Wildman–Crippen LogP) is 0.727. The summed E-state index contributed by atoms with van der Waals surface area (Å²) in [5.41, 5.74) is 0.412. The molecule has 132 valence electrons. The SMILES string of the molecule is CC(=O)NCCCNC(=O)c1ccc(S(=O)(=O)N2CCCC2)cc1. The Morgan fingerprint density at radius 3 is 2.21 bits per heavy atom. The molecule has 24 heavy (non-hydrogen) atoms. The molecule has 0 spiro atoms. The van der Waals surface area contributed by atoms with Crippen LogP contribution in [0.25, 0.3) is 0 Å². The fourth-order valence-corrected chi connectivity index (χ4v) is 4.03. The van der Waals surface area contributed by atoms with Crippen LogP contribution >= 0.6 is 0 Å². The van der Waals surface area contributed by atoms with E-state index in [9.17, 15) is 18.0 Å². The van der Waals surface area contributed by atoms with Gasteiger partial charge in [-0.25, -0.2) is 8.42 Å². The minimum atomic E-state index is -3.45. The number of nitrogens with one attached hydrogen (secondary N) is 2. The van der Waals surface area contributed by atoms with Crippen LogP contribution in [0.5, 0.6) is 0 Å². The standard InChI is InChI=1S/C16H23N3O4S/c1-13(20)17-9-4-10-18-16(21)14-5-7-15(8-6-14)24(22,23)19-11-2-3-12-19/h5-8H,2-4,9-12H2,1H3,(H,17,20)(H,18,21). The highest BCUT2D eigenvalue weighted by atomic mass is 32.2. The Balaban J connectivity index is 1.89. The second kappa shape index (κ2) is 8.25. The summed E-state index contributed by atoms with van der Waals surface area (Å²) >= 11 is 0. The minimum Gasteiger partial charge on any atom is -0.356 e. The predicted molar refractivity (Wildman–Crippen MR) is 90.1 cm³/mol. The summed E-state index contributed by atoms with van der Waals surface area (Å²) in [5.74, 6) is -0.362. The molecule has 0 aliphatic carbocycles. The molecule has 2 amide bonds. The van der Waals surface area contributed by atoms with Crippen molar-refractivity contribution in [2.75, 3.05) is 26.2 Å². The highest BCUT2D eigenvalue weighted by Crippen LogP contribution is 2.21. The molecule has 1 aromatic rings. The molecule has 2 N–H and O–H groups in total. The van der Waals surface area contributed by atoms with Crippen molar-refractivity contribution in [1.82, 2.24) is 14.9 Å². The fraction of sp³-hybridized carbons (Fsp3) is 0.500. The van der Waals surface area contributed by atoms with Gasteiger partial charge in [0.15, 0.2) is 0 Å². The summed E-state index contributed by atoms with van der Waals surface area (Å²) in [5, 5.41) is 5.38. The maximum atomic E-state index is 12.4. The van der Waals surface area contributed by atoms with E-state index in [1.54, 1.807) is 0 Å². The van der Waals surface area contributed by atoms with Crippen molar-refractivity contribution < 1.29 is 18.0 Å². The van der Waals surface area contributed by atoms with Crippen LogP contribution in [0.2, 0.25) is 0 Å². The van der Waals surface area contributed by atoms with Crippen molar-refractivity contribution in [2.45, 2.75) is 31.1 Å². The Hall–Kier alpha value is -1.93. The molecule has 0 radical (unpaired) electrons. The highest BCUT2D eigenvalue weighted by molar-refractivity contribution is 7.89. The van der Waals surface area contributed by atoms with E-state index in [0.29, 0.717) is 38.2 Å². The summed E-state index contributed by atoms with van der Waals surface area (Å²) in [6.07, 6.45) is 2.41. The molecular weight excluding hydrogens is 330 g/mol. The lowest BCUT2D eigenvalue weighted by molar-refractivity contribution is -0.118. The number of hydrogen-bond acceptors (Lipinski definition) is 4. The monoisotopic (exact) mass is 353 g/mol. The van der Waals surface area contributed by atoms with Gasteiger partial charge in [0.2, 0.25) is 15.9 Å². The maximum Gasteiger partial charge on any atom is 0.251 e. The first-order chi connectivity index (χ1) is 11.4. The zero-order valence-electron chi connectivity index (χ0n) is 13.7. The summed E-state index contributed by atoms with van der Waals surface area (Å²) in [6.45, 7) is 3.49. The molecule has 1 saturated heterocycles. The van der Waals surface area contributed by atoms with Crippen LogP contribution in [-0.4, -0.2) is 50.7 Å². The van der Waals surface area contributed by atoms with E-state index in [-0.39, 0.29) is 16.7 Å². The molecular formula is C16H23N3O4S. The van der Waals surface area contributed by atoms with E-state index < -0.39 is 10.0 Å². The largest absolute Gasteiger partial charge is 0.356 e. The molecule has 7 nitrogen and oxygen atoms in total. The lowest BCUT2D eigenvalue weighted by atomic mass is 10.2. The van der Waals surface area contributed by atoms with Gasteiger partial charge in [-0.15, -0.1) is 0 Å². The Labute approximate surface area is 142 Å². The first-order valence-electron chi connectivity index (χ1n) is 8.04. The minimum absolute atomic E-state index is 0.101. The van der Waals surface area contributed by atoms with Crippen LogP contribution in [-0.2, 0) is 14.8 Å². The average Bonchev–Trinajstić information content (AvgIpc) is 3.09. The third kappa shape index (κ3) is 4.78. The molecule has 8 heteroatoms. The zero-order valence-corrected chi connectivity index (χ0v) is 14.6. The van der Waals surface area contributed by atoms with E-state index in [2.05, 4.69) is 10.6 Å². The van der Waals surface area contributed by atoms with Gasteiger partial charge >= 0.3 is 0 Å². The number of nitrogens with zero attached hydrogens (tertiary/aromatic N) is 1. The average molecular weight is 353 g/mol. The van der Waals surface area contributed by atoms with Crippen molar-refractivity contribution in [1.29, 1.82) is 0 Å². The van der Waals surface area contributed by atoms with Crippen LogP contribution in [0.1, 0.15) is 36.5 Å². The van der Waals surface area contributed by atoms with E-state index >= 15 is 0 Å². The van der Waals surface area contributed by atoms with Crippen molar-refractivity contribution in [3.8, 4) is 0 Å². The number of amides is 2. The topological polar surface area (TPSA) is 95.6 Å². The van der Waals surface area contributed by atoms with Gasteiger partial charge in [-0.05, 0) is 43.5 Å². The number of rotatable bonds is 7. The molecule has 1 aliphatic rings. The van der Waals surface area contributed by atoms with Gasteiger partial charge in [0.05, 0.1) is 4.90 Å². The molecule has 1 aliphatic heterocycles. The summed E-state index contributed by atoms with van der Waals surface area (Å²) in [7, 11) is -3.45. The second-order valence-corrected chi connectivity index (χ2v) is 7.67. The smallest absolute Gasteiger partial charge is 0.251 e. The van der Waals surface area contributed by atoms with Crippen molar-refractivity contribution >= 4 is 21.8 Å². The van der Waals surface area contributed by atoms with Crippen LogP contribution < -0.4 is 10.6 Å². The maximum absolute atomic E-state index is 12.4. The molecule has 2 rings (SSSR count). The molecule has 0 saturated carbocycles. The Bertz CT molecular complexity index is 680. The van der Waals surface area contributed by atoms with E-state index in [4.69, 9.17) is 0 Å². The molecule has 1 fully saturated rings. The molecule has 1 heterocycles. The lowest BCUT2D eigenvalue weighted by Crippen LogP contribution is -2.29. The van der Waals surface area contributed by atoms with E-state index in [0.717, 1.165) is 12.8 Å². The van der Waals surface area contributed by atoms with Gasteiger partial charge in [-0.1, -0.05) is 0 Å². The van der Waals surface area contributed by atoms with Crippen LogP contribution in [0.3, 0.4) is 0 Å². The molecule has 0 bridgehead atoms. The van der Waals surface area contributed by atoms with Crippen molar-refractivity contribution in [3.05, 3.63) is 29.8 Å². The van der Waals surface area contributed by atoms with Gasteiger partial charge < -0.3 is 10.6 Å². The van der Waals surface area contributed by atoms with Crippen LogP contribution in [0.15, 0.2) is 29.2 Å². The number of sulfonamides is 1. The van der Waals surface area contributed by atoms with Gasteiger partial charge in [-0.3, -0.25) is 9.59 Å². The summed E-state index contributed by atoms with van der Waals surface area (Å²) in [4.78, 5) is 22.9. The van der Waals surface area contributed by atoms with Gasteiger partial charge in [0.1, 0.15) is 0 Å². The van der Waals surface area contributed by atoms with Crippen LogP contribution in [0, 0.1) is 0 Å². The van der Waals surface area contributed by atoms with Gasteiger partial charge in [0.25, 0.3) is 5.91 Å². The molecule has 0 unspecified atom stereocenters. The molecule has 0 aromatic heterocycles. The Kier molecular flexibility index (Phi) is 6.33. The number of benzene rings is 1. The van der Waals surface area contributed by atoms with Gasteiger partial charge in [0, 0.05) is 38.7 Å². The quantitative estimate of drug-likeness (QED) is 0.706. The van der Waals surface area contributed by atoms with E-state index in [1.165, 1.54) is 35.5 Å². The molecule has 1 aromatic carbocycles. The third-order valence-corrected chi connectivity index (χ3v) is 5.75. The lowest BCUT2D eigenvalue weighted by Gasteiger charge is -2.15. The Morgan fingerprint density at radius 1 is 1.04 bits per heavy atom. The van der Waals surface area contributed by atoms with Crippen molar-refractivity contribution in [2.24, 2.45) is 0 Å². The van der Waals surface area contributed by atoms with Crippen LogP contribution in [0.4, 0.5) is 0 Å². The second-order valence-electron chi connectivity index (χ2n) is 5.73. The summed E-state index contributed by atoms with van der Waals surface area (Å²) in [6, 6.07) is 5.98.